The zero-order valence-electron chi connectivity index (χ0n) is 25.0. The number of benzene rings is 1. The second-order valence-electron chi connectivity index (χ2n) is 11.7. The van der Waals surface area contributed by atoms with Gasteiger partial charge < -0.3 is 19.8 Å². The number of nitrogens with one attached hydrogen (secondary N) is 2. The van der Waals surface area contributed by atoms with Gasteiger partial charge in [-0.1, -0.05) is 64.4 Å². The van der Waals surface area contributed by atoms with Gasteiger partial charge >= 0.3 is 0 Å². The molecule has 2 N–H and O–H groups in total. The minimum atomic E-state index is -0.782. The number of thioether (sulfide) groups is 1. The maximum Gasteiger partial charge on any atom is 0.286 e. The van der Waals surface area contributed by atoms with E-state index in [-0.39, 0.29) is 54.5 Å². The number of hydrogen-bond acceptors (Lipinski definition) is 9. The summed E-state index contributed by atoms with van der Waals surface area (Å²) in [6.45, 7) is 12.0. The Bertz CT molecular complexity index is 1190. The van der Waals surface area contributed by atoms with Crippen molar-refractivity contribution < 1.29 is 25.0 Å². The Balaban J connectivity index is 0.00000323. The lowest BCUT2D eigenvalue weighted by molar-refractivity contribution is -0.127. The van der Waals surface area contributed by atoms with E-state index in [0.29, 0.717) is 30.0 Å². The number of Topliss-reactive ketones (excluding diaryl/α,β-unsaturated/α-hetero) is 1. The Morgan fingerprint density at radius 2 is 1.83 bits per heavy atom. The van der Waals surface area contributed by atoms with Crippen molar-refractivity contribution in [3.8, 4) is 0 Å². The highest BCUT2D eigenvalue weighted by Crippen LogP contribution is 2.27. The van der Waals surface area contributed by atoms with Crippen LogP contribution in [0.1, 0.15) is 87.8 Å². The fraction of sp³-hybridized carbons (Fsp3) is 0.633. The molecule has 234 valence electrons. The van der Waals surface area contributed by atoms with Crippen molar-refractivity contribution in [1.29, 1.82) is 0 Å². The number of carbonyl (C=O) groups is 3. The molecule has 1 aliphatic carbocycles. The van der Waals surface area contributed by atoms with Crippen LogP contribution in [0.5, 0.6) is 0 Å². The standard InChI is InChI=1S/C30H43N5O5S.ClH.H2/c1-19(2)16-25(26(36)29-33-34-30(40-29)41-20(3)4)32-28(38)23-10-5-6-11-24(23)31-27(37)22-9-7-8-21(17-22)18-35-12-14-39-15-13-35;;/h7-9,17,19-20,23-25H,5-6,10-16,18H2,1-4H3,(H,31,37)(H,32,38);2*1H/t23-,24+,25+;;/m1../s1. The zero-order valence-corrected chi connectivity index (χ0v) is 26.6. The van der Waals surface area contributed by atoms with E-state index in [1.807, 2.05) is 52.0 Å². The molecule has 1 saturated carbocycles. The fourth-order valence-corrected chi connectivity index (χ4v) is 6.01. The summed E-state index contributed by atoms with van der Waals surface area (Å²) >= 11 is 1.38. The van der Waals surface area contributed by atoms with Crippen LogP contribution in [0.15, 0.2) is 33.9 Å². The molecule has 0 spiro atoms. The molecule has 1 aromatic carbocycles. The second-order valence-corrected chi connectivity index (χ2v) is 13.2. The molecule has 2 aromatic rings. The molecule has 0 bridgehead atoms. The summed E-state index contributed by atoms with van der Waals surface area (Å²) in [5.74, 6) is -1.17. The summed E-state index contributed by atoms with van der Waals surface area (Å²) in [6, 6.07) is 6.57. The summed E-state index contributed by atoms with van der Waals surface area (Å²) < 4.78 is 11.0. The molecule has 1 aliphatic heterocycles. The topological polar surface area (TPSA) is 127 Å². The highest BCUT2D eigenvalue weighted by molar-refractivity contribution is 7.99. The van der Waals surface area contributed by atoms with Gasteiger partial charge in [0.15, 0.2) is 0 Å². The van der Waals surface area contributed by atoms with Crippen LogP contribution in [0.3, 0.4) is 0 Å². The summed E-state index contributed by atoms with van der Waals surface area (Å²) in [7, 11) is 0. The van der Waals surface area contributed by atoms with Gasteiger partial charge in [0.25, 0.3) is 17.0 Å². The molecule has 2 heterocycles. The minimum absolute atomic E-state index is 0. The number of rotatable bonds is 12. The number of carbonyl (C=O) groups excluding carboxylic acids is 3. The largest absolute Gasteiger partial charge is 0.408 e. The maximum absolute atomic E-state index is 13.6. The number of morpholine rings is 1. The van der Waals surface area contributed by atoms with Crippen LogP contribution in [0, 0.1) is 11.8 Å². The van der Waals surface area contributed by atoms with E-state index < -0.39 is 12.0 Å². The van der Waals surface area contributed by atoms with Crippen molar-refractivity contribution in [3.63, 3.8) is 0 Å². The van der Waals surface area contributed by atoms with Crippen LogP contribution in [-0.4, -0.2) is 76.3 Å². The molecule has 2 fully saturated rings. The first kappa shape index (κ1) is 34.0. The van der Waals surface area contributed by atoms with Crippen molar-refractivity contribution in [2.24, 2.45) is 11.8 Å². The highest BCUT2D eigenvalue weighted by Gasteiger charge is 2.35. The molecule has 2 aliphatic rings. The lowest BCUT2D eigenvalue weighted by Crippen LogP contribution is -2.52. The normalized spacial score (nSPS) is 20.1. The number of amides is 2. The van der Waals surface area contributed by atoms with Crippen LogP contribution in [-0.2, 0) is 16.1 Å². The molecule has 4 rings (SSSR count). The smallest absolute Gasteiger partial charge is 0.286 e. The lowest BCUT2D eigenvalue weighted by atomic mass is 9.83. The summed E-state index contributed by atoms with van der Waals surface area (Å²) in [4.78, 5) is 42.5. The van der Waals surface area contributed by atoms with Gasteiger partial charge in [0.1, 0.15) is 0 Å². The molecule has 3 atom stereocenters. The number of ketones is 1. The van der Waals surface area contributed by atoms with Crippen molar-refractivity contribution in [2.75, 3.05) is 26.3 Å². The van der Waals surface area contributed by atoms with Gasteiger partial charge in [-0.3, -0.25) is 19.3 Å². The molecular formula is C30H46ClN5O5S. The van der Waals surface area contributed by atoms with Crippen LogP contribution in [0.2, 0.25) is 0 Å². The first-order chi connectivity index (χ1) is 19.7. The summed E-state index contributed by atoms with van der Waals surface area (Å²) in [5.41, 5.74) is 1.66. The number of ether oxygens (including phenoxy) is 1. The van der Waals surface area contributed by atoms with Crippen molar-refractivity contribution in [1.82, 2.24) is 25.7 Å². The van der Waals surface area contributed by atoms with E-state index >= 15 is 0 Å². The molecule has 12 heteroatoms. The lowest BCUT2D eigenvalue weighted by Gasteiger charge is -2.32. The molecule has 0 unspecified atom stereocenters. The van der Waals surface area contributed by atoms with Crippen molar-refractivity contribution in [2.45, 2.75) is 88.9 Å². The molecule has 1 aromatic heterocycles. The predicted molar refractivity (Wildman–Crippen MR) is 166 cm³/mol. The van der Waals surface area contributed by atoms with Crippen molar-refractivity contribution in [3.05, 3.63) is 41.3 Å². The van der Waals surface area contributed by atoms with Gasteiger partial charge in [0.05, 0.1) is 25.2 Å². The summed E-state index contributed by atoms with van der Waals surface area (Å²) in [6.07, 6.45) is 3.62. The van der Waals surface area contributed by atoms with Gasteiger partial charge in [0.2, 0.25) is 11.7 Å². The Labute approximate surface area is 260 Å². The monoisotopic (exact) mass is 623 g/mol. The van der Waals surface area contributed by atoms with Gasteiger partial charge in [-0.05, 0) is 42.9 Å². The number of nitrogens with zero attached hydrogens (tertiary/aromatic N) is 3. The van der Waals surface area contributed by atoms with Gasteiger partial charge in [-0.2, -0.15) is 0 Å². The third-order valence-electron chi connectivity index (χ3n) is 7.41. The Kier molecular flexibility index (Phi) is 13.3. The van der Waals surface area contributed by atoms with Crippen molar-refractivity contribution >= 4 is 41.8 Å². The number of aromatic nitrogens is 2. The SMILES string of the molecule is CC(C)C[C@H](NC(=O)[C@@H]1CCCC[C@@H]1NC(=O)c1cccc(CN2CCOCC2)c1)C(=O)c1nnc(SC(C)C)o1.Cl.[HH]. The molecule has 10 nitrogen and oxygen atoms in total. The van der Waals surface area contributed by atoms with E-state index in [2.05, 4.69) is 25.7 Å². The molecule has 1 saturated heterocycles. The van der Waals surface area contributed by atoms with Crippen LogP contribution >= 0.6 is 24.2 Å². The van der Waals surface area contributed by atoms with E-state index in [4.69, 9.17) is 9.15 Å². The third kappa shape index (κ3) is 9.79. The van der Waals surface area contributed by atoms with Gasteiger partial charge in [-0.25, -0.2) is 0 Å². The molecule has 2 amide bonds. The van der Waals surface area contributed by atoms with E-state index in [1.165, 1.54) is 11.8 Å². The first-order valence-electron chi connectivity index (χ1n) is 14.7. The zero-order chi connectivity index (χ0) is 29.4. The Hall–Kier alpha value is -2.47. The molecule has 42 heavy (non-hydrogen) atoms. The average Bonchev–Trinajstić information content (AvgIpc) is 3.40. The quantitative estimate of drug-likeness (QED) is 0.254. The van der Waals surface area contributed by atoms with Crippen LogP contribution in [0.4, 0.5) is 0 Å². The summed E-state index contributed by atoms with van der Waals surface area (Å²) in [5, 5.41) is 14.6. The van der Waals surface area contributed by atoms with Gasteiger partial charge in [0, 0.05) is 37.9 Å². The van der Waals surface area contributed by atoms with Crippen LogP contribution < -0.4 is 10.6 Å². The highest BCUT2D eigenvalue weighted by atomic mass is 35.5. The van der Waals surface area contributed by atoms with E-state index in [0.717, 1.165) is 51.3 Å². The maximum atomic E-state index is 13.6. The second kappa shape index (κ2) is 16.4. The molecule has 0 radical (unpaired) electrons. The third-order valence-corrected chi connectivity index (χ3v) is 8.25. The fourth-order valence-electron chi connectivity index (χ4n) is 5.39. The van der Waals surface area contributed by atoms with Crippen LogP contribution in [0.25, 0.3) is 0 Å². The van der Waals surface area contributed by atoms with E-state index in [1.54, 1.807) is 0 Å². The van der Waals surface area contributed by atoms with E-state index in [9.17, 15) is 14.4 Å². The predicted octanol–water partition coefficient (Wildman–Crippen LogP) is 4.77. The molecular weight excluding hydrogens is 578 g/mol. The first-order valence-corrected chi connectivity index (χ1v) is 15.6. The minimum Gasteiger partial charge on any atom is -0.408 e. The number of halogens is 1. The van der Waals surface area contributed by atoms with Gasteiger partial charge in [-0.15, -0.1) is 22.6 Å². The Morgan fingerprint density at radius 1 is 1.10 bits per heavy atom. The number of hydrogen-bond donors (Lipinski definition) is 2. The Morgan fingerprint density at radius 3 is 2.55 bits per heavy atom. The average molecular weight is 624 g/mol.